The Morgan fingerprint density at radius 3 is 2.41 bits per heavy atom. The summed E-state index contributed by atoms with van der Waals surface area (Å²) in [5.41, 5.74) is 2.65. The summed E-state index contributed by atoms with van der Waals surface area (Å²) in [7, 11) is 0. The van der Waals surface area contributed by atoms with Crippen molar-refractivity contribution in [2.75, 3.05) is 31.3 Å². The van der Waals surface area contributed by atoms with E-state index in [9.17, 15) is 23.5 Å². The van der Waals surface area contributed by atoms with Gasteiger partial charge in [-0.1, -0.05) is 41.6 Å². The molecule has 3 fully saturated rings. The predicted octanol–water partition coefficient (Wildman–Crippen LogP) is 4.78. The smallest absolute Gasteiger partial charge is 0.249 e. The molecule has 0 unspecified atom stereocenters. The molecule has 3 aliphatic heterocycles. The van der Waals surface area contributed by atoms with Crippen LogP contribution in [0.1, 0.15) is 72.8 Å². The number of ether oxygens (including phenoxy) is 2. The Bertz CT molecular complexity index is 1740. The number of amides is 2. The van der Waals surface area contributed by atoms with Crippen molar-refractivity contribution in [3.05, 3.63) is 107 Å². The second-order valence-corrected chi connectivity index (χ2v) is 13.1. The molecule has 0 saturated carbocycles. The molecule has 0 radical (unpaired) electrons. The van der Waals surface area contributed by atoms with Gasteiger partial charge in [-0.3, -0.25) is 9.59 Å². The van der Waals surface area contributed by atoms with Crippen LogP contribution in [-0.4, -0.2) is 74.4 Å². The van der Waals surface area contributed by atoms with Gasteiger partial charge in [0.2, 0.25) is 11.8 Å². The second-order valence-electron chi connectivity index (χ2n) is 13.1. The number of aromatic nitrogens is 4. The van der Waals surface area contributed by atoms with Crippen molar-refractivity contribution in [2.24, 2.45) is 5.92 Å². The summed E-state index contributed by atoms with van der Waals surface area (Å²) in [6.45, 7) is 1.39. The van der Waals surface area contributed by atoms with Gasteiger partial charge >= 0.3 is 0 Å². The molecular weight excluding hydrogens is 634 g/mol. The van der Waals surface area contributed by atoms with Crippen LogP contribution in [0.4, 0.5) is 14.5 Å². The van der Waals surface area contributed by atoms with Gasteiger partial charge in [0.25, 0.3) is 0 Å². The van der Waals surface area contributed by atoms with Gasteiger partial charge in [-0.25, -0.2) is 8.78 Å². The molecule has 0 bridgehead atoms. The van der Waals surface area contributed by atoms with Gasteiger partial charge in [0.15, 0.2) is 5.82 Å². The van der Waals surface area contributed by atoms with E-state index >= 15 is 0 Å². The highest BCUT2D eigenvalue weighted by Crippen LogP contribution is 2.46. The summed E-state index contributed by atoms with van der Waals surface area (Å²) in [6.07, 6.45) is 2.94. The third kappa shape index (κ3) is 6.96. The first-order valence-corrected chi connectivity index (χ1v) is 16.7. The predicted molar refractivity (Wildman–Crippen MR) is 173 cm³/mol. The third-order valence-corrected chi connectivity index (χ3v) is 9.98. The number of aromatic amines is 1. The standard InChI is InChI=1S/C36H38F2N6O5/c37-26-9-7-24(8-10-26)31(45)16-15-29-33(44(35(29)47)28-13-11-27(38)12-14-28)25-5-3-23(4-6-25)17-18-36(21-48-22-36)49-20-32(46)43-19-1-2-30(43)34-39-41-42-40-34/h3-14,29-31,33,45H,1-2,15-22H2,(H,39,40,41,42)/t29-,30+,31+,33-/m1/s1. The number of tetrazole rings is 1. The number of carbonyl (C=O) groups excluding carboxylic acids is 2. The second kappa shape index (κ2) is 14.1. The molecule has 7 rings (SSSR count). The van der Waals surface area contributed by atoms with Crippen LogP contribution < -0.4 is 4.90 Å². The molecule has 3 aliphatic rings. The number of rotatable bonds is 13. The SMILES string of the molecule is O=C(COC1(CCc2ccc([C@@H]3[C@@H](CC[C@H](O)c4ccc(F)cc4)C(=O)N3c3ccc(F)cc3)cc2)COC1)N1CCC[C@H]1c1nn[nH]n1. The average Bonchev–Trinajstić information content (AvgIpc) is 3.81. The van der Waals surface area contributed by atoms with Gasteiger partial charge < -0.3 is 24.4 Å². The Hall–Kier alpha value is -4.59. The van der Waals surface area contributed by atoms with E-state index in [1.807, 2.05) is 24.3 Å². The normalized spacial score (nSPS) is 22.1. The average molecular weight is 673 g/mol. The first-order chi connectivity index (χ1) is 23.8. The summed E-state index contributed by atoms with van der Waals surface area (Å²) < 4.78 is 38.8. The van der Waals surface area contributed by atoms with Crippen molar-refractivity contribution in [1.82, 2.24) is 25.5 Å². The fourth-order valence-corrected chi connectivity index (χ4v) is 7.12. The number of halogens is 2. The van der Waals surface area contributed by atoms with Crippen LogP contribution >= 0.6 is 0 Å². The number of nitrogens with one attached hydrogen (secondary N) is 1. The first kappa shape index (κ1) is 32.9. The maximum absolute atomic E-state index is 13.7. The molecule has 0 spiro atoms. The number of aryl methyl sites for hydroxylation is 1. The molecular formula is C36H38F2N6O5. The molecule has 49 heavy (non-hydrogen) atoms. The molecule has 0 aliphatic carbocycles. The number of aliphatic hydroxyl groups excluding tert-OH is 1. The van der Waals surface area contributed by atoms with Gasteiger partial charge in [-0.05, 0) is 91.6 Å². The molecule has 2 amide bonds. The van der Waals surface area contributed by atoms with E-state index in [2.05, 4.69) is 20.6 Å². The van der Waals surface area contributed by atoms with Gasteiger partial charge in [-0.2, -0.15) is 5.21 Å². The summed E-state index contributed by atoms with van der Waals surface area (Å²) in [4.78, 5) is 30.0. The Kier molecular flexibility index (Phi) is 9.48. The number of H-pyrrole nitrogens is 1. The van der Waals surface area contributed by atoms with Gasteiger partial charge in [0, 0.05) is 12.2 Å². The number of hydrogen-bond donors (Lipinski definition) is 2. The zero-order valence-electron chi connectivity index (χ0n) is 26.9. The lowest BCUT2D eigenvalue weighted by Gasteiger charge is -2.48. The number of likely N-dealkylation sites (tertiary alicyclic amines) is 1. The summed E-state index contributed by atoms with van der Waals surface area (Å²) >= 11 is 0. The van der Waals surface area contributed by atoms with Gasteiger partial charge in [0.05, 0.1) is 37.3 Å². The topological polar surface area (TPSA) is 134 Å². The number of hydrogen-bond acceptors (Lipinski definition) is 8. The fraction of sp³-hybridized carbons (Fsp3) is 0.417. The molecule has 3 saturated heterocycles. The van der Waals surface area contributed by atoms with Crippen molar-refractivity contribution in [1.29, 1.82) is 0 Å². The first-order valence-electron chi connectivity index (χ1n) is 16.7. The highest BCUT2D eigenvalue weighted by atomic mass is 19.1. The lowest BCUT2D eigenvalue weighted by molar-refractivity contribution is -0.214. The number of β-lactam (4-membered cyclic amide) rings is 1. The Labute approximate surface area is 282 Å². The zero-order valence-corrected chi connectivity index (χ0v) is 26.9. The monoisotopic (exact) mass is 672 g/mol. The van der Waals surface area contributed by atoms with Crippen LogP contribution in [-0.2, 0) is 25.5 Å². The van der Waals surface area contributed by atoms with E-state index in [0.717, 1.165) is 24.0 Å². The fourth-order valence-electron chi connectivity index (χ4n) is 7.12. The van der Waals surface area contributed by atoms with E-state index in [1.54, 1.807) is 34.1 Å². The third-order valence-electron chi connectivity index (χ3n) is 9.98. The van der Waals surface area contributed by atoms with E-state index in [-0.39, 0.29) is 48.1 Å². The van der Waals surface area contributed by atoms with Crippen molar-refractivity contribution in [2.45, 2.75) is 62.3 Å². The molecule has 2 N–H and O–H groups in total. The summed E-state index contributed by atoms with van der Waals surface area (Å²) in [5.74, 6) is -0.842. The van der Waals surface area contributed by atoms with Crippen LogP contribution in [0.25, 0.3) is 0 Å². The van der Waals surface area contributed by atoms with Crippen LogP contribution in [0.15, 0.2) is 72.8 Å². The Morgan fingerprint density at radius 1 is 1.04 bits per heavy atom. The van der Waals surface area contributed by atoms with Crippen molar-refractivity contribution >= 4 is 17.5 Å². The van der Waals surface area contributed by atoms with E-state index in [0.29, 0.717) is 62.5 Å². The van der Waals surface area contributed by atoms with Crippen molar-refractivity contribution < 1.29 is 33.0 Å². The van der Waals surface area contributed by atoms with E-state index in [4.69, 9.17) is 9.47 Å². The van der Waals surface area contributed by atoms with Crippen molar-refractivity contribution in [3.63, 3.8) is 0 Å². The molecule has 4 heterocycles. The van der Waals surface area contributed by atoms with Crippen LogP contribution in [0.2, 0.25) is 0 Å². The number of aliphatic hydroxyl groups is 1. The lowest BCUT2D eigenvalue weighted by Crippen LogP contribution is -2.55. The molecule has 3 aromatic carbocycles. The molecule has 4 atom stereocenters. The molecule has 1 aromatic heterocycles. The number of nitrogens with zero attached hydrogens (tertiary/aromatic N) is 5. The van der Waals surface area contributed by atoms with Crippen molar-refractivity contribution in [3.8, 4) is 0 Å². The summed E-state index contributed by atoms with van der Waals surface area (Å²) in [5, 5.41) is 25.0. The summed E-state index contributed by atoms with van der Waals surface area (Å²) in [6, 6.07) is 19.1. The van der Waals surface area contributed by atoms with Gasteiger partial charge in [0.1, 0.15) is 23.8 Å². The number of carbonyl (C=O) groups is 2. The Morgan fingerprint density at radius 2 is 1.76 bits per heavy atom. The van der Waals surface area contributed by atoms with E-state index < -0.39 is 11.7 Å². The molecule has 13 heteroatoms. The maximum Gasteiger partial charge on any atom is 0.249 e. The largest absolute Gasteiger partial charge is 0.388 e. The molecule has 4 aromatic rings. The number of benzene rings is 3. The minimum absolute atomic E-state index is 0.0528. The molecule has 11 nitrogen and oxygen atoms in total. The van der Waals surface area contributed by atoms with Crippen LogP contribution in [0.3, 0.4) is 0 Å². The maximum atomic E-state index is 13.7. The number of anilines is 1. The van der Waals surface area contributed by atoms with Crippen LogP contribution in [0.5, 0.6) is 0 Å². The lowest BCUT2D eigenvalue weighted by atomic mass is 9.78. The minimum atomic E-state index is -0.834. The van der Waals surface area contributed by atoms with E-state index in [1.165, 1.54) is 24.3 Å². The highest BCUT2D eigenvalue weighted by Gasteiger charge is 2.48. The van der Waals surface area contributed by atoms with Gasteiger partial charge in [-0.15, -0.1) is 10.2 Å². The minimum Gasteiger partial charge on any atom is -0.388 e. The highest BCUT2D eigenvalue weighted by molar-refractivity contribution is 6.03. The Balaban J connectivity index is 0.990. The zero-order chi connectivity index (χ0) is 34.0. The van der Waals surface area contributed by atoms with Crippen LogP contribution in [0, 0.1) is 17.6 Å². The molecule has 256 valence electrons. The quantitative estimate of drug-likeness (QED) is 0.194.